The molecule has 0 unspecified atom stereocenters. The second-order valence-electron chi connectivity index (χ2n) is 5.67. The number of aliphatic hydroxyl groups is 1. The summed E-state index contributed by atoms with van der Waals surface area (Å²) in [7, 11) is -3.84. The second kappa shape index (κ2) is 17.0. The third kappa shape index (κ3) is 22.3. The minimum absolute atomic E-state index is 0.158. The van der Waals surface area contributed by atoms with E-state index in [2.05, 4.69) is 16.0 Å². The summed E-state index contributed by atoms with van der Waals surface area (Å²) in [4.78, 5) is 33.4. The van der Waals surface area contributed by atoms with E-state index < -0.39 is 28.0 Å². The Hall–Kier alpha value is -1.88. The number of piperazine rings is 1. The van der Waals surface area contributed by atoms with Crippen molar-refractivity contribution in [3.05, 3.63) is 0 Å². The van der Waals surface area contributed by atoms with Gasteiger partial charge in [0.15, 0.2) is 0 Å². The van der Waals surface area contributed by atoms with Crippen molar-refractivity contribution in [2.45, 2.75) is 0 Å². The van der Waals surface area contributed by atoms with Gasteiger partial charge >= 0.3 is 11.9 Å². The predicted molar refractivity (Wildman–Crippen MR) is 103 cm³/mol. The van der Waals surface area contributed by atoms with Gasteiger partial charge in [-0.05, 0) is 0 Å². The standard InChI is InChI=1S/C8H18N2O4S.C4H8N2O3.C2H5NO2/c11-7-5-9-1-3-10(4-2-9)6-8-15(12,13)14;5-1-3(7)6-2-4(8)9;3-1-2(4)5/h11H,1-8H2,(H,12,13,14);1-2,5H2,(H,6,7)(H,8,9);1,3H2,(H,4,5). The van der Waals surface area contributed by atoms with E-state index in [1.165, 1.54) is 0 Å². The van der Waals surface area contributed by atoms with E-state index >= 15 is 0 Å². The Kier molecular flexibility index (Phi) is 17.2. The van der Waals surface area contributed by atoms with Gasteiger partial charge in [0.1, 0.15) is 6.54 Å². The van der Waals surface area contributed by atoms with Gasteiger partial charge < -0.3 is 32.1 Å². The van der Waals surface area contributed by atoms with Gasteiger partial charge in [-0.3, -0.25) is 28.7 Å². The lowest BCUT2D eigenvalue weighted by molar-refractivity contribution is -0.137. The number of carboxylic acid groups (broad SMARTS) is 2. The summed E-state index contributed by atoms with van der Waals surface area (Å²) in [5.74, 6) is -2.70. The normalized spacial score (nSPS) is 14.6. The molecule has 0 spiro atoms. The van der Waals surface area contributed by atoms with Crippen LogP contribution in [0.4, 0.5) is 0 Å². The van der Waals surface area contributed by atoms with Crippen LogP contribution in [0.2, 0.25) is 0 Å². The van der Waals surface area contributed by atoms with Crippen molar-refractivity contribution in [1.29, 1.82) is 0 Å². The van der Waals surface area contributed by atoms with Crippen LogP contribution in [0.1, 0.15) is 0 Å². The number of nitrogens with zero attached hydrogens (tertiary/aromatic N) is 2. The molecule has 0 aromatic carbocycles. The van der Waals surface area contributed by atoms with E-state index in [1.807, 2.05) is 4.90 Å². The lowest BCUT2D eigenvalue weighted by Crippen LogP contribution is -2.48. The van der Waals surface area contributed by atoms with Crippen LogP contribution in [0, 0.1) is 0 Å². The lowest BCUT2D eigenvalue weighted by atomic mass is 10.3. The molecule has 14 nitrogen and oxygen atoms in total. The largest absolute Gasteiger partial charge is 0.480 e. The quantitative estimate of drug-likeness (QED) is 0.166. The molecule has 15 heteroatoms. The van der Waals surface area contributed by atoms with Crippen molar-refractivity contribution in [2.75, 3.05) is 71.3 Å². The van der Waals surface area contributed by atoms with Crippen molar-refractivity contribution >= 4 is 28.0 Å². The molecule has 1 aliphatic heterocycles. The van der Waals surface area contributed by atoms with Crippen LogP contribution in [0.5, 0.6) is 0 Å². The van der Waals surface area contributed by atoms with Crippen molar-refractivity contribution in [3.63, 3.8) is 0 Å². The Bertz CT molecular complexity index is 580. The van der Waals surface area contributed by atoms with Gasteiger partial charge in [0.25, 0.3) is 10.1 Å². The van der Waals surface area contributed by atoms with Gasteiger partial charge in [0.05, 0.1) is 25.4 Å². The molecule has 1 heterocycles. The smallest absolute Gasteiger partial charge is 0.322 e. The van der Waals surface area contributed by atoms with E-state index in [9.17, 15) is 22.8 Å². The maximum absolute atomic E-state index is 10.5. The highest BCUT2D eigenvalue weighted by molar-refractivity contribution is 7.85. The van der Waals surface area contributed by atoms with Gasteiger partial charge in [-0.25, -0.2) is 0 Å². The van der Waals surface area contributed by atoms with Gasteiger partial charge in [0.2, 0.25) is 5.91 Å². The fourth-order valence-corrected chi connectivity index (χ4v) is 2.36. The SMILES string of the molecule is NCC(=O)NCC(=O)O.NCC(=O)O.O=S(=O)(O)CCN1CCN(CCO)CC1. The van der Waals surface area contributed by atoms with Crippen molar-refractivity contribution in [2.24, 2.45) is 11.5 Å². The molecule has 0 radical (unpaired) electrons. The number of rotatable bonds is 9. The summed E-state index contributed by atoms with van der Waals surface area (Å²) in [6.45, 7) is 3.65. The number of aliphatic carboxylic acids is 2. The highest BCUT2D eigenvalue weighted by atomic mass is 32.2. The Morgan fingerprint density at radius 3 is 1.66 bits per heavy atom. The number of hydrogen-bond acceptors (Lipinski definition) is 10. The van der Waals surface area contributed by atoms with Crippen molar-refractivity contribution in [1.82, 2.24) is 15.1 Å². The minimum Gasteiger partial charge on any atom is -0.480 e. The summed E-state index contributed by atoms with van der Waals surface area (Å²) in [6.07, 6.45) is 0. The van der Waals surface area contributed by atoms with E-state index in [0.717, 1.165) is 26.2 Å². The Morgan fingerprint density at radius 1 is 0.897 bits per heavy atom. The average Bonchev–Trinajstić information content (AvgIpc) is 2.66. The zero-order chi connectivity index (χ0) is 22.9. The summed E-state index contributed by atoms with van der Waals surface area (Å²) in [6, 6.07) is 0. The Morgan fingerprint density at radius 2 is 1.34 bits per heavy atom. The van der Waals surface area contributed by atoms with Gasteiger partial charge in [-0.2, -0.15) is 8.42 Å². The minimum atomic E-state index is -3.84. The monoisotopic (exact) mass is 445 g/mol. The average molecular weight is 445 g/mol. The third-order valence-electron chi connectivity index (χ3n) is 3.34. The Labute approximate surface area is 169 Å². The molecular formula is C14H31N5O9S. The van der Waals surface area contributed by atoms with Crippen LogP contribution in [0.25, 0.3) is 0 Å². The summed E-state index contributed by atoms with van der Waals surface area (Å²) >= 11 is 0. The van der Waals surface area contributed by atoms with Crippen LogP contribution in [0.3, 0.4) is 0 Å². The number of carbonyl (C=O) groups excluding carboxylic acids is 1. The molecule has 29 heavy (non-hydrogen) atoms. The highest BCUT2D eigenvalue weighted by Gasteiger charge is 2.17. The summed E-state index contributed by atoms with van der Waals surface area (Å²) in [5, 5.41) is 26.4. The number of β-amino-alcohol motifs (C(OH)–C–C–N with tert-alkyl or cyclic N) is 1. The van der Waals surface area contributed by atoms with Gasteiger partial charge in [-0.15, -0.1) is 0 Å². The number of aliphatic hydroxyl groups excluding tert-OH is 1. The fourth-order valence-electron chi connectivity index (χ4n) is 1.87. The van der Waals surface area contributed by atoms with Crippen LogP contribution < -0.4 is 16.8 Å². The summed E-state index contributed by atoms with van der Waals surface area (Å²) in [5.41, 5.74) is 9.43. The topological polar surface area (TPSA) is 237 Å². The van der Waals surface area contributed by atoms with Crippen LogP contribution >= 0.6 is 0 Å². The van der Waals surface area contributed by atoms with Crippen LogP contribution in [-0.4, -0.2) is 127 Å². The molecule has 1 amide bonds. The highest BCUT2D eigenvalue weighted by Crippen LogP contribution is 2.01. The first-order valence-corrected chi connectivity index (χ1v) is 10.2. The molecule has 172 valence electrons. The molecule has 1 rings (SSSR count). The zero-order valence-electron chi connectivity index (χ0n) is 16.1. The van der Waals surface area contributed by atoms with Gasteiger partial charge in [0, 0.05) is 39.3 Å². The molecule has 1 fully saturated rings. The molecular weight excluding hydrogens is 414 g/mol. The van der Waals surface area contributed by atoms with E-state index in [0.29, 0.717) is 13.1 Å². The molecule has 0 aromatic rings. The van der Waals surface area contributed by atoms with E-state index in [1.54, 1.807) is 0 Å². The van der Waals surface area contributed by atoms with Gasteiger partial charge in [-0.1, -0.05) is 0 Å². The number of carboxylic acids is 2. The lowest BCUT2D eigenvalue weighted by Gasteiger charge is -2.33. The molecule has 1 aliphatic rings. The first kappa shape index (κ1) is 29.3. The van der Waals surface area contributed by atoms with Crippen molar-refractivity contribution < 1.29 is 42.7 Å². The zero-order valence-corrected chi connectivity index (χ0v) is 16.9. The second-order valence-corrected chi connectivity index (χ2v) is 7.24. The first-order chi connectivity index (χ1) is 13.4. The molecule has 0 atom stereocenters. The maximum Gasteiger partial charge on any atom is 0.322 e. The number of carbonyl (C=O) groups is 3. The van der Waals surface area contributed by atoms with Crippen molar-refractivity contribution in [3.8, 4) is 0 Å². The van der Waals surface area contributed by atoms with Crippen LogP contribution in [-0.2, 0) is 24.5 Å². The molecule has 0 bridgehead atoms. The molecule has 0 saturated carbocycles. The molecule has 9 N–H and O–H groups in total. The first-order valence-electron chi connectivity index (χ1n) is 8.56. The number of nitrogens with one attached hydrogen (secondary N) is 1. The molecule has 1 saturated heterocycles. The number of nitrogens with two attached hydrogens (primary N) is 2. The number of amides is 1. The molecule has 0 aliphatic carbocycles. The third-order valence-corrected chi connectivity index (χ3v) is 4.04. The predicted octanol–water partition coefficient (Wildman–Crippen LogP) is -4.34. The fraction of sp³-hybridized carbons (Fsp3) is 0.786. The maximum atomic E-state index is 10.5. The molecule has 0 aromatic heterocycles. The Balaban J connectivity index is 0. The summed E-state index contributed by atoms with van der Waals surface area (Å²) < 4.78 is 29.6. The van der Waals surface area contributed by atoms with E-state index in [-0.39, 0.29) is 32.0 Å². The number of hydrogen-bond donors (Lipinski definition) is 7. The van der Waals surface area contributed by atoms with Crippen LogP contribution in [0.15, 0.2) is 0 Å². The van der Waals surface area contributed by atoms with E-state index in [4.69, 9.17) is 25.6 Å².